The number of nitrogens with zero attached hydrogens (tertiary/aromatic N) is 2. The van der Waals surface area contributed by atoms with Gasteiger partial charge in [0.25, 0.3) is 5.91 Å². The van der Waals surface area contributed by atoms with E-state index in [1.165, 1.54) is 16.1 Å². The van der Waals surface area contributed by atoms with E-state index in [1.807, 2.05) is 18.2 Å². The number of fused-ring (bicyclic) bond motifs is 1. The SMILES string of the molecule is O=C1C2CC=CCC2C(=O)N1CN(C(=O)c1ccco1)c1ccccc1. The van der Waals surface area contributed by atoms with Crippen LogP contribution in [0.1, 0.15) is 23.4 Å². The summed E-state index contributed by atoms with van der Waals surface area (Å²) in [4.78, 5) is 41.0. The molecule has 4 rings (SSSR count). The monoisotopic (exact) mass is 350 g/mol. The molecule has 2 atom stereocenters. The summed E-state index contributed by atoms with van der Waals surface area (Å²) in [5.74, 6) is -1.29. The lowest BCUT2D eigenvalue weighted by molar-refractivity contribution is -0.139. The van der Waals surface area contributed by atoms with E-state index in [4.69, 9.17) is 4.42 Å². The molecule has 1 aliphatic heterocycles. The number of carbonyl (C=O) groups is 3. The summed E-state index contributed by atoms with van der Waals surface area (Å²) in [6.45, 7) is -0.117. The highest BCUT2D eigenvalue weighted by atomic mass is 16.3. The van der Waals surface area contributed by atoms with E-state index in [-0.39, 0.29) is 36.1 Å². The highest BCUT2D eigenvalue weighted by Crippen LogP contribution is 2.35. The molecule has 0 spiro atoms. The van der Waals surface area contributed by atoms with Crippen LogP contribution in [0.5, 0.6) is 0 Å². The minimum Gasteiger partial charge on any atom is -0.459 e. The molecule has 6 nitrogen and oxygen atoms in total. The van der Waals surface area contributed by atoms with Crippen molar-refractivity contribution in [2.75, 3.05) is 11.6 Å². The minimum absolute atomic E-state index is 0.117. The Morgan fingerprint density at radius 2 is 1.65 bits per heavy atom. The fraction of sp³-hybridized carbons (Fsp3) is 0.250. The van der Waals surface area contributed by atoms with Gasteiger partial charge in [-0.1, -0.05) is 30.4 Å². The van der Waals surface area contributed by atoms with Crippen LogP contribution in [0.2, 0.25) is 0 Å². The summed E-state index contributed by atoms with van der Waals surface area (Å²) in [7, 11) is 0. The summed E-state index contributed by atoms with van der Waals surface area (Å²) in [5, 5.41) is 0. The summed E-state index contributed by atoms with van der Waals surface area (Å²) in [6, 6.07) is 12.2. The number of hydrogen-bond acceptors (Lipinski definition) is 4. The lowest BCUT2D eigenvalue weighted by Crippen LogP contribution is -2.44. The number of furan rings is 1. The van der Waals surface area contributed by atoms with Gasteiger partial charge in [0, 0.05) is 5.69 Å². The average molecular weight is 350 g/mol. The predicted molar refractivity (Wildman–Crippen MR) is 94.0 cm³/mol. The van der Waals surface area contributed by atoms with E-state index in [0.29, 0.717) is 18.5 Å². The third-order valence-electron chi connectivity index (χ3n) is 4.93. The van der Waals surface area contributed by atoms with E-state index in [9.17, 15) is 14.4 Å². The van der Waals surface area contributed by atoms with Gasteiger partial charge in [0.15, 0.2) is 5.76 Å². The first-order valence-electron chi connectivity index (χ1n) is 8.57. The summed E-state index contributed by atoms with van der Waals surface area (Å²) in [6.07, 6.45) is 6.45. The van der Waals surface area contributed by atoms with Crippen LogP contribution in [0.15, 0.2) is 65.3 Å². The molecule has 0 N–H and O–H groups in total. The van der Waals surface area contributed by atoms with E-state index in [2.05, 4.69) is 0 Å². The Morgan fingerprint density at radius 3 is 2.23 bits per heavy atom. The normalized spacial score (nSPS) is 21.8. The molecule has 1 aromatic carbocycles. The lowest BCUT2D eigenvalue weighted by atomic mass is 9.85. The quantitative estimate of drug-likeness (QED) is 0.628. The van der Waals surface area contributed by atoms with E-state index < -0.39 is 5.91 Å². The minimum atomic E-state index is -0.394. The van der Waals surface area contributed by atoms with Crippen LogP contribution in [0.3, 0.4) is 0 Å². The molecule has 2 heterocycles. The predicted octanol–water partition coefficient (Wildman–Crippen LogP) is 2.84. The van der Waals surface area contributed by atoms with Crippen LogP contribution < -0.4 is 4.90 Å². The van der Waals surface area contributed by atoms with Crippen molar-refractivity contribution in [1.29, 1.82) is 0 Å². The second-order valence-corrected chi connectivity index (χ2v) is 6.45. The molecular weight excluding hydrogens is 332 g/mol. The zero-order chi connectivity index (χ0) is 18.1. The first kappa shape index (κ1) is 16.3. The Balaban J connectivity index is 1.64. The van der Waals surface area contributed by atoms with Crippen molar-refractivity contribution in [2.24, 2.45) is 11.8 Å². The molecule has 1 fully saturated rings. The third-order valence-corrected chi connectivity index (χ3v) is 4.93. The Morgan fingerprint density at radius 1 is 1.00 bits per heavy atom. The van der Waals surface area contributed by atoms with Gasteiger partial charge in [0.2, 0.25) is 11.8 Å². The largest absolute Gasteiger partial charge is 0.459 e. The molecule has 3 amide bonds. The van der Waals surface area contributed by atoms with Crippen molar-refractivity contribution in [3.05, 3.63) is 66.6 Å². The maximum absolute atomic E-state index is 12.9. The molecule has 132 valence electrons. The van der Waals surface area contributed by atoms with E-state index in [1.54, 1.807) is 36.4 Å². The number of imide groups is 1. The fourth-order valence-electron chi connectivity index (χ4n) is 3.55. The number of carbonyl (C=O) groups excluding carboxylic acids is 3. The highest BCUT2D eigenvalue weighted by Gasteiger charge is 2.48. The van der Waals surface area contributed by atoms with Crippen molar-refractivity contribution in [3.63, 3.8) is 0 Å². The van der Waals surface area contributed by atoms with Crippen LogP contribution >= 0.6 is 0 Å². The van der Waals surface area contributed by atoms with Crippen LogP contribution in [0.25, 0.3) is 0 Å². The maximum Gasteiger partial charge on any atom is 0.295 e. The molecule has 6 heteroatoms. The Bertz CT molecular complexity index is 831. The number of likely N-dealkylation sites (tertiary alicyclic amines) is 1. The topological polar surface area (TPSA) is 70.8 Å². The molecule has 1 saturated heterocycles. The van der Waals surface area contributed by atoms with Crippen molar-refractivity contribution >= 4 is 23.4 Å². The number of rotatable bonds is 4. The molecule has 26 heavy (non-hydrogen) atoms. The fourth-order valence-corrected chi connectivity index (χ4v) is 3.55. The molecule has 1 aliphatic carbocycles. The van der Waals surface area contributed by atoms with Gasteiger partial charge < -0.3 is 4.42 Å². The van der Waals surface area contributed by atoms with Crippen molar-refractivity contribution in [1.82, 2.24) is 4.90 Å². The third kappa shape index (κ3) is 2.73. The van der Waals surface area contributed by atoms with Crippen molar-refractivity contribution in [2.45, 2.75) is 12.8 Å². The van der Waals surface area contributed by atoms with E-state index >= 15 is 0 Å². The molecule has 2 aromatic rings. The second kappa shape index (κ2) is 6.63. The van der Waals surface area contributed by atoms with Gasteiger partial charge in [-0.15, -0.1) is 0 Å². The van der Waals surface area contributed by atoms with Crippen LogP contribution in [0, 0.1) is 11.8 Å². The smallest absolute Gasteiger partial charge is 0.295 e. The molecule has 0 radical (unpaired) electrons. The number of benzene rings is 1. The van der Waals surface area contributed by atoms with Gasteiger partial charge in [-0.25, -0.2) is 0 Å². The zero-order valence-electron chi connectivity index (χ0n) is 14.1. The van der Waals surface area contributed by atoms with Gasteiger partial charge in [0.05, 0.1) is 18.1 Å². The lowest BCUT2D eigenvalue weighted by Gasteiger charge is -2.26. The number of para-hydroxylation sites is 1. The van der Waals surface area contributed by atoms with Gasteiger partial charge in [-0.3, -0.25) is 24.2 Å². The number of anilines is 1. The first-order chi connectivity index (χ1) is 12.7. The number of allylic oxidation sites excluding steroid dienone is 2. The van der Waals surface area contributed by atoms with E-state index in [0.717, 1.165) is 0 Å². The maximum atomic E-state index is 12.9. The molecule has 2 aliphatic rings. The Hall–Kier alpha value is -3.15. The highest BCUT2D eigenvalue weighted by molar-refractivity contribution is 6.08. The van der Waals surface area contributed by atoms with Crippen LogP contribution in [-0.4, -0.2) is 29.3 Å². The van der Waals surface area contributed by atoms with Gasteiger partial charge in [-0.05, 0) is 37.1 Å². The first-order valence-corrected chi connectivity index (χ1v) is 8.57. The van der Waals surface area contributed by atoms with Crippen molar-refractivity contribution in [3.8, 4) is 0 Å². The van der Waals surface area contributed by atoms with Gasteiger partial charge in [0.1, 0.15) is 6.67 Å². The van der Waals surface area contributed by atoms with Gasteiger partial charge in [-0.2, -0.15) is 0 Å². The summed E-state index contributed by atoms with van der Waals surface area (Å²) in [5.41, 5.74) is 0.600. The average Bonchev–Trinajstić information content (AvgIpc) is 3.30. The number of hydrogen-bond donors (Lipinski definition) is 0. The summed E-state index contributed by atoms with van der Waals surface area (Å²) < 4.78 is 5.22. The van der Waals surface area contributed by atoms with Crippen LogP contribution in [-0.2, 0) is 9.59 Å². The molecule has 0 bridgehead atoms. The molecule has 2 unspecified atom stereocenters. The standard InChI is InChI=1S/C20H18N2O4/c23-18-15-9-4-5-10-16(15)19(24)22(18)13-21(14-7-2-1-3-8-14)20(25)17-11-6-12-26-17/h1-8,11-12,15-16H,9-10,13H2. The molecule has 1 aromatic heterocycles. The Labute approximate surface area is 150 Å². The summed E-state index contributed by atoms with van der Waals surface area (Å²) >= 11 is 0. The zero-order valence-corrected chi connectivity index (χ0v) is 14.1. The van der Waals surface area contributed by atoms with Gasteiger partial charge >= 0.3 is 0 Å². The second-order valence-electron chi connectivity index (χ2n) is 6.45. The Kier molecular flexibility index (Phi) is 4.16. The molecular formula is C20H18N2O4. The van der Waals surface area contributed by atoms with Crippen molar-refractivity contribution < 1.29 is 18.8 Å². The van der Waals surface area contributed by atoms with Crippen LogP contribution in [0.4, 0.5) is 5.69 Å². The number of amides is 3. The molecule has 0 saturated carbocycles.